The second kappa shape index (κ2) is 7.73. The highest BCUT2D eigenvalue weighted by molar-refractivity contribution is 5.76. The molecule has 0 aromatic carbocycles. The van der Waals surface area contributed by atoms with E-state index in [1.54, 1.807) is 13.8 Å². The molecule has 0 aliphatic carbocycles. The molecule has 0 bridgehead atoms. The fourth-order valence-electron chi connectivity index (χ4n) is 1.03. The molecule has 2 atom stereocenters. The molecule has 0 aromatic heterocycles. The molecule has 0 heterocycles. The van der Waals surface area contributed by atoms with Gasteiger partial charge < -0.3 is 15.7 Å². The fraction of sp³-hybridized carbons (Fsp3) is 0.636. The second-order valence-electron chi connectivity index (χ2n) is 3.67. The van der Waals surface area contributed by atoms with Gasteiger partial charge in [0.1, 0.15) is 0 Å². The number of carbonyl (C=O) groups excluding carboxylic acids is 1. The van der Waals surface area contributed by atoms with Gasteiger partial charge in [-0.3, -0.25) is 4.79 Å². The van der Waals surface area contributed by atoms with E-state index in [2.05, 4.69) is 10.6 Å². The summed E-state index contributed by atoms with van der Waals surface area (Å²) in [5.74, 6) is -1.51. The van der Waals surface area contributed by atoms with Crippen LogP contribution in [-0.4, -0.2) is 29.7 Å². The van der Waals surface area contributed by atoms with Crippen molar-refractivity contribution in [3.63, 3.8) is 0 Å². The van der Waals surface area contributed by atoms with Crippen molar-refractivity contribution in [3.8, 4) is 0 Å². The minimum atomic E-state index is -0.915. The largest absolute Gasteiger partial charge is 0.481 e. The number of hydrogen-bond donors (Lipinski definition) is 3. The maximum atomic E-state index is 11.3. The Morgan fingerprint density at radius 3 is 2.50 bits per heavy atom. The first-order valence-electron chi connectivity index (χ1n) is 5.37. The highest BCUT2D eigenvalue weighted by atomic mass is 16.4. The van der Waals surface area contributed by atoms with Crippen molar-refractivity contribution in [2.24, 2.45) is 5.92 Å². The van der Waals surface area contributed by atoms with Gasteiger partial charge in [-0.1, -0.05) is 12.2 Å². The van der Waals surface area contributed by atoms with Gasteiger partial charge in [-0.25, -0.2) is 4.79 Å². The zero-order valence-corrected chi connectivity index (χ0v) is 9.99. The summed E-state index contributed by atoms with van der Waals surface area (Å²) >= 11 is 0. The average Bonchev–Trinajstić information content (AvgIpc) is 2.23. The molecule has 0 radical (unpaired) electrons. The summed E-state index contributed by atoms with van der Waals surface area (Å²) in [5, 5.41) is 14.0. The number of aliphatic carboxylic acids is 1. The van der Waals surface area contributed by atoms with E-state index in [1.807, 2.05) is 19.1 Å². The Labute approximate surface area is 95.9 Å². The van der Waals surface area contributed by atoms with Gasteiger partial charge >= 0.3 is 12.0 Å². The van der Waals surface area contributed by atoms with E-state index in [9.17, 15) is 9.59 Å². The summed E-state index contributed by atoms with van der Waals surface area (Å²) in [5.41, 5.74) is 0. The normalized spacial score (nSPS) is 14.4. The lowest BCUT2D eigenvalue weighted by Gasteiger charge is -2.17. The van der Waals surface area contributed by atoms with Gasteiger partial charge in [0, 0.05) is 12.6 Å². The topological polar surface area (TPSA) is 78.4 Å². The van der Waals surface area contributed by atoms with Crippen LogP contribution in [0.15, 0.2) is 12.2 Å². The Kier molecular flexibility index (Phi) is 7.00. The number of nitrogens with one attached hydrogen (secondary N) is 2. The van der Waals surface area contributed by atoms with Crippen LogP contribution in [0.2, 0.25) is 0 Å². The molecule has 0 fully saturated rings. The van der Waals surface area contributed by atoms with E-state index in [-0.39, 0.29) is 12.1 Å². The lowest BCUT2D eigenvalue weighted by Crippen LogP contribution is -2.45. The average molecular weight is 228 g/mol. The quantitative estimate of drug-likeness (QED) is 0.474. The van der Waals surface area contributed by atoms with Crippen molar-refractivity contribution < 1.29 is 14.7 Å². The van der Waals surface area contributed by atoms with Gasteiger partial charge in [0.05, 0.1) is 5.92 Å². The van der Waals surface area contributed by atoms with Crippen LogP contribution in [-0.2, 0) is 4.79 Å². The van der Waals surface area contributed by atoms with Gasteiger partial charge in [-0.05, 0) is 27.2 Å². The Morgan fingerprint density at radius 2 is 2.00 bits per heavy atom. The van der Waals surface area contributed by atoms with Crippen LogP contribution >= 0.6 is 0 Å². The smallest absolute Gasteiger partial charge is 0.315 e. The minimum Gasteiger partial charge on any atom is -0.481 e. The summed E-state index contributed by atoms with van der Waals surface area (Å²) in [4.78, 5) is 21.9. The molecule has 0 aliphatic heterocycles. The van der Waals surface area contributed by atoms with Crippen LogP contribution < -0.4 is 10.6 Å². The molecule has 0 aromatic rings. The predicted octanol–water partition coefficient (Wildman–Crippen LogP) is 1.36. The molecule has 0 saturated heterocycles. The number of carboxylic acid groups (broad SMARTS) is 1. The maximum Gasteiger partial charge on any atom is 0.315 e. The molecule has 0 rings (SSSR count). The summed E-state index contributed by atoms with van der Waals surface area (Å²) in [6, 6.07) is -0.718. The first-order chi connectivity index (χ1) is 7.49. The molecule has 0 aliphatic rings. The van der Waals surface area contributed by atoms with E-state index >= 15 is 0 Å². The van der Waals surface area contributed by atoms with Gasteiger partial charge in [0.25, 0.3) is 0 Å². The van der Waals surface area contributed by atoms with Gasteiger partial charge in [0.15, 0.2) is 0 Å². The van der Waals surface area contributed by atoms with Crippen LogP contribution in [0.25, 0.3) is 0 Å². The number of rotatable bonds is 6. The number of carbonyl (C=O) groups is 2. The van der Waals surface area contributed by atoms with Crippen LogP contribution in [0.1, 0.15) is 27.2 Å². The van der Waals surface area contributed by atoms with E-state index in [1.165, 1.54) is 0 Å². The number of urea groups is 1. The van der Waals surface area contributed by atoms with Crippen LogP contribution in [0.5, 0.6) is 0 Å². The van der Waals surface area contributed by atoms with Crippen LogP contribution in [0, 0.1) is 5.92 Å². The summed E-state index contributed by atoms with van der Waals surface area (Å²) < 4.78 is 0. The third kappa shape index (κ3) is 6.06. The Morgan fingerprint density at radius 1 is 1.38 bits per heavy atom. The molecule has 5 nitrogen and oxygen atoms in total. The molecular formula is C11H20N2O3. The number of carboxylic acids is 1. The zero-order valence-electron chi connectivity index (χ0n) is 9.99. The van der Waals surface area contributed by atoms with Gasteiger partial charge in [-0.15, -0.1) is 0 Å². The number of hydrogen-bond acceptors (Lipinski definition) is 2. The second-order valence-corrected chi connectivity index (χ2v) is 3.67. The number of allylic oxidation sites excluding steroid dienone is 1. The third-order valence-corrected chi connectivity index (χ3v) is 2.33. The summed E-state index contributed by atoms with van der Waals surface area (Å²) in [6.07, 6.45) is 4.63. The molecule has 2 amide bonds. The van der Waals surface area contributed by atoms with E-state index in [0.717, 1.165) is 6.42 Å². The minimum absolute atomic E-state index is 0.329. The third-order valence-electron chi connectivity index (χ3n) is 2.33. The molecule has 5 heteroatoms. The standard InChI is InChI=1S/C11H20N2O3/c1-4-5-6-7-12-11(16)13-9(3)8(2)10(14)15/h4-5,8-9H,6-7H2,1-3H3,(H,14,15)(H2,12,13,16)/b5-4+. The molecule has 0 spiro atoms. The predicted molar refractivity (Wildman–Crippen MR) is 62.2 cm³/mol. The molecule has 16 heavy (non-hydrogen) atoms. The maximum absolute atomic E-state index is 11.3. The summed E-state index contributed by atoms with van der Waals surface area (Å²) in [6.45, 7) is 5.69. The van der Waals surface area contributed by atoms with Crippen molar-refractivity contribution in [2.75, 3.05) is 6.54 Å². The van der Waals surface area contributed by atoms with Crippen molar-refractivity contribution in [1.82, 2.24) is 10.6 Å². The molecule has 0 saturated carbocycles. The van der Waals surface area contributed by atoms with Crippen LogP contribution in [0.3, 0.4) is 0 Å². The molecule has 3 N–H and O–H groups in total. The van der Waals surface area contributed by atoms with Crippen molar-refractivity contribution in [3.05, 3.63) is 12.2 Å². The highest BCUT2D eigenvalue weighted by Gasteiger charge is 2.20. The first kappa shape index (κ1) is 14.5. The monoisotopic (exact) mass is 228 g/mol. The molecule has 92 valence electrons. The van der Waals surface area contributed by atoms with E-state index < -0.39 is 11.9 Å². The van der Waals surface area contributed by atoms with Gasteiger partial charge in [-0.2, -0.15) is 0 Å². The van der Waals surface area contributed by atoms with Crippen molar-refractivity contribution in [2.45, 2.75) is 33.2 Å². The highest BCUT2D eigenvalue weighted by Crippen LogP contribution is 2.01. The lowest BCUT2D eigenvalue weighted by molar-refractivity contribution is -0.141. The van der Waals surface area contributed by atoms with Crippen molar-refractivity contribution >= 4 is 12.0 Å². The summed E-state index contributed by atoms with van der Waals surface area (Å²) in [7, 11) is 0. The Hall–Kier alpha value is -1.52. The van der Waals surface area contributed by atoms with Gasteiger partial charge in [0.2, 0.25) is 0 Å². The number of amides is 2. The van der Waals surface area contributed by atoms with E-state index in [4.69, 9.17) is 5.11 Å². The van der Waals surface area contributed by atoms with Crippen LogP contribution in [0.4, 0.5) is 4.79 Å². The fourth-order valence-corrected chi connectivity index (χ4v) is 1.03. The Balaban J connectivity index is 3.82. The molecular weight excluding hydrogens is 208 g/mol. The van der Waals surface area contributed by atoms with E-state index in [0.29, 0.717) is 6.54 Å². The SMILES string of the molecule is C/C=C/CCNC(=O)NC(C)C(C)C(=O)O. The first-order valence-corrected chi connectivity index (χ1v) is 5.37. The Bertz CT molecular complexity index is 264. The van der Waals surface area contributed by atoms with Crippen molar-refractivity contribution in [1.29, 1.82) is 0 Å². The zero-order chi connectivity index (χ0) is 12.6. The lowest BCUT2D eigenvalue weighted by atomic mass is 10.0. The molecule has 2 unspecified atom stereocenters.